The van der Waals surface area contributed by atoms with Gasteiger partial charge in [0, 0.05) is 4.88 Å². The van der Waals surface area contributed by atoms with Gasteiger partial charge in [-0.1, -0.05) is 12.5 Å². The Bertz CT molecular complexity index is 243. The zero-order valence-electron chi connectivity index (χ0n) is 8.12. The summed E-state index contributed by atoms with van der Waals surface area (Å²) >= 11 is 1.92. The van der Waals surface area contributed by atoms with Gasteiger partial charge in [0.05, 0.1) is 0 Å². The van der Waals surface area contributed by atoms with Crippen molar-refractivity contribution in [2.45, 2.75) is 25.2 Å². The zero-order chi connectivity index (χ0) is 9.10. The third-order valence-corrected chi connectivity index (χ3v) is 4.04. The van der Waals surface area contributed by atoms with Crippen molar-refractivity contribution >= 4 is 11.3 Å². The van der Waals surface area contributed by atoms with Gasteiger partial charge in [0.15, 0.2) is 0 Å². The summed E-state index contributed by atoms with van der Waals surface area (Å²) in [7, 11) is 2.06. The van der Waals surface area contributed by atoms with Crippen LogP contribution in [0.1, 0.15) is 30.1 Å². The van der Waals surface area contributed by atoms with Crippen molar-refractivity contribution in [3.8, 4) is 0 Å². The van der Waals surface area contributed by atoms with Crippen LogP contribution in [0.3, 0.4) is 0 Å². The molecule has 2 atom stereocenters. The van der Waals surface area contributed by atoms with Gasteiger partial charge in [0.2, 0.25) is 0 Å². The highest BCUT2D eigenvalue weighted by Gasteiger charge is 2.28. The number of hydrogen-bond acceptors (Lipinski definition) is 2. The van der Waals surface area contributed by atoms with E-state index in [1.807, 2.05) is 11.3 Å². The Kier molecular flexibility index (Phi) is 3.01. The lowest BCUT2D eigenvalue weighted by Gasteiger charge is -2.17. The second kappa shape index (κ2) is 4.25. The molecule has 1 heterocycles. The topological polar surface area (TPSA) is 12.0 Å². The smallest absolute Gasteiger partial charge is 0.00794 e. The lowest BCUT2D eigenvalue weighted by Crippen LogP contribution is -2.20. The average Bonchev–Trinajstić information content (AvgIpc) is 2.71. The van der Waals surface area contributed by atoms with Crippen LogP contribution in [0.2, 0.25) is 0 Å². The molecule has 0 aliphatic heterocycles. The van der Waals surface area contributed by atoms with Crippen LogP contribution in [0.4, 0.5) is 0 Å². The summed E-state index contributed by atoms with van der Waals surface area (Å²) in [6.07, 6.45) is 4.21. The highest BCUT2D eigenvalue weighted by atomic mass is 32.1. The van der Waals surface area contributed by atoms with Crippen molar-refractivity contribution in [2.75, 3.05) is 13.6 Å². The van der Waals surface area contributed by atoms with Crippen molar-refractivity contribution in [2.24, 2.45) is 5.92 Å². The molecule has 0 aromatic carbocycles. The fourth-order valence-electron chi connectivity index (χ4n) is 2.42. The zero-order valence-corrected chi connectivity index (χ0v) is 8.94. The van der Waals surface area contributed by atoms with E-state index in [0.29, 0.717) is 0 Å². The van der Waals surface area contributed by atoms with E-state index in [-0.39, 0.29) is 0 Å². The highest BCUT2D eigenvalue weighted by Crippen LogP contribution is 2.40. The molecule has 1 aromatic rings. The molecule has 0 bridgehead atoms. The second-order valence-corrected chi connectivity index (χ2v) is 4.85. The first-order valence-corrected chi connectivity index (χ1v) is 5.98. The Morgan fingerprint density at radius 1 is 1.54 bits per heavy atom. The third-order valence-electron chi connectivity index (χ3n) is 3.03. The van der Waals surface area contributed by atoms with Crippen molar-refractivity contribution in [3.05, 3.63) is 22.4 Å². The fraction of sp³-hybridized carbons (Fsp3) is 0.636. The van der Waals surface area contributed by atoms with Crippen molar-refractivity contribution < 1.29 is 0 Å². The van der Waals surface area contributed by atoms with Crippen molar-refractivity contribution in [3.63, 3.8) is 0 Å². The van der Waals surface area contributed by atoms with Crippen LogP contribution >= 0.6 is 11.3 Å². The Hall–Kier alpha value is -0.340. The van der Waals surface area contributed by atoms with Gasteiger partial charge < -0.3 is 5.32 Å². The van der Waals surface area contributed by atoms with Gasteiger partial charge in [0.25, 0.3) is 0 Å². The Morgan fingerprint density at radius 3 is 3.15 bits per heavy atom. The molecule has 0 amide bonds. The average molecular weight is 195 g/mol. The molecule has 2 rings (SSSR count). The molecule has 1 N–H and O–H groups in total. The molecule has 1 aromatic heterocycles. The predicted molar refractivity (Wildman–Crippen MR) is 58.3 cm³/mol. The summed E-state index contributed by atoms with van der Waals surface area (Å²) in [6, 6.07) is 4.47. The van der Waals surface area contributed by atoms with Gasteiger partial charge in [-0.3, -0.25) is 0 Å². The van der Waals surface area contributed by atoms with Gasteiger partial charge in [-0.2, -0.15) is 0 Å². The van der Waals surface area contributed by atoms with E-state index >= 15 is 0 Å². The maximum atomic E-state index is 3.31. The molecule has 13 heavy (non-hydrogen) atoms. The second-order valence-electron chi connectivity index (χ2n) is 3.87. The molecule has 0 radical (unpaired) electrons. The first kappa shape index (κ1) is 9.22. The summed E-state index contributed by atoms with van der Waals surface area (Å²) in [4.78, 5) is 1.60. The molecular formula is C11H17NS. The van der Waals surface area contributed by atoms with E-state index in [2.05, 4.69) is 29.9 Å². The Labute approximate surface area is 84.2 Å². The first-order chi connectivity index (χ1) is 6.42. The molecular weight excluding hydrogens is 178 g/mol. The lowest BCUT2D eigenvalue weighted by molar-refractivity contribution is 0.467. The normalized spacial score (nSPS) is 28.1. The summed E-state index contributed by atoms with van der Waals surface area (Å²) in [5, 5.41) is 5.50. The van der Waals surface area contributed by atoms with Crippen molar-refractivity contribution in [1.82, 2.24) is 5.32 Å². The number of hydrogen-bond donors (Lipinski definition) is 1. The van der Waals surface area contributed by atoms with E-state index in [9.17, 15) is 0 Å². The van der Waals surface area contributed by atoms with Crippen LogP contribution in [-0.2, 0) is 0 Å². The van der Waals surface area contributed by atoms with Crippen LogP contribution in [0.15, 0.2) is 17.5 Å². The molecule has 0 spiro atoms. The van der Waals surface area contributed by atoms with Gasteiger partial charge in [0.1, 0.15) is 0 Å². The lowest BCUT2D eigenvalue weighted by atomic mass is 9.94. The summed E-state index contributed by atoms with van der Waals surface area (Å²) in [5.74, 6) is 1.72. The fourth-order valence-corrected chi connectivity index (χ4v) is 3.38. The minimum absolute atomic E-state index is 0.840. The minimum atomic E-state index is 0.840. The van der Waals surface area contributed by atoms with E-state index in [4.69, 9.17) is 0 Å². The van der Waals surface area contributed by atoms with Crippen LogP contribution in [-0.4, -0.2) is 13.6 Å². The molecule has 2 unspecified atom stereocenters. The predicted octanol–water partition coefficient (Wildman–Crippen LogP) is 2.85. The van der Waals surface area contributed by atoms with Crippen LogP contribution < -0.4 is 5.32 Å². The number of rotatable bonds is 3. The maximum absolute atomic E-state index is 3.31. The van der Waals surface area contributed by atoms with Crippen LogP contribution in [0.5, 0.6) is 0 Å². The molecule has 0 saturated heterocycles. The van der Waals surface area contributed by atoms with Gasteiger partial charge in [-0.05, 0) is 49.7 Å². The van der Waals surface area contributed by atoms with Gasteiger partial charge in [-0.15, -0.1) is 11.3 Å². The van der Waals surface area contributed by atoms with Crippen LogP contribution in [0, 0.1) is 5.92 Å². The monoisotopic (exact) mass is 195 g/mol. The third kappa shape index (κ3) is 1.94. The molecule has 1 aliphatic rings. The molecule has 1 saturated carbocycles. The highest BCUT2D eigenvalue weighted by molar-refractivity contribution is 7.10. The molecule has 72 valence electrons. The number of thiophene rings is 1. The van der Waals surface area contributed by atoms with Crippen LogP contribution in [0.25, 0.3) is 0 Å². The maximum Gasteiger partial charge on any atom is 0.00794 e. The molecule has 1 nitrogen and oxygen atoms in total. The van der Waals surface area contributed by atoms with E-state index in [0.717, 1.165) is 11.8 Å². The first-order valence-electron chi connectivity index (χ1n) is 5.10. The van der Waals surface area contributed by atoms with Crippen molar-refractivity contribution in [1.29, 1.82) is 0 Å². The SMILES string of the molecule is CNCC1CCCC1c1cccs1. The molecule has 1 aliphatic carbocycles. The molecule has 1 fully saturated rings. The quantitative estimate of drug-likeness (QED) is 0.782. The van der Waals surface area contributed by atoms with Gasteiger partial charge >= 0.3 is 0 Å². The van der Waals surface area contributed by atoms with E-state index in [1.54, 1.807) is 4.88 Å². The minimum Gasteiger partial charge on any atom is -0.319 e. The number of nitrogens with one attached hydrogen (secondary N) is 1. The van der Waals surface area contributed by atoms with E-state index in [1.165, 1.54) is 25.8 Å². The Morgan fingerprint density at radius 2 is 2.46 bits per heavy atom. The van der Waals surface area contributed by atoms with E-state index < -0.39 is 0 Å². The Balaban J connectivity index is 2.05. The summed E-state index contributed by atoms with van der Waals surface area (Å²) in [5.41, 5.74) is 0. The summed E-state index contributed by atoms with van der Waals surface area (Å²) in [6.45, 7) is 1.18. The standard InChI is InChI=1S/C11H17NS/c1-12-8-9-4-2-5-10(9)11-6-3-7-13-11/h3,6-7,9-10,12H,2,4-5,8H2,1H3. The summed E-state index contributed by atoms with van der Waals surface area (Å²) < 4.78 is 0. The molecule has 2 heteroatoms. The van der Waals surface area contributed by atoms with Gasteiger partial charge in [-0.25, -0.2) is 0 Å². The largest absolute Gasteiger partial charge is 0.319 e.